The molecular weight excluding hydrogens is 194 g/mol. The fraction of sp³-hybridized carbons (Fsp3) is 0.818. The van der Waals surface area contributed by atoms with Crippen molar-refractivity contribution in [3.05, 3.63) is 0 Å². The van der Waals surface area contributed by atoms with Gasteiger partial charge in [-0.15, -0.1) is 0 Å². The Morgan fingerprint density at radius 3 is 2.60 bits per heavy atom. The standard InChI is InChI=1S/C11H19NO3/c1-8-5-6-9(13)7-12(8)10(14)15-11(2,3)4/h8H,5-7H2,1-4H3/t8-/m0/s1. The van der Waals surface area contributed by atoms with Gasteiger partial charge < -0.3 is 4.74 Å². The Hall–Kier alpha value is -1.06. The van der Waals surface area contributed by atoms with Gasteiger partial charge in [0.1, 0.15) is 5.60 Å². The largest absolute Gasteiger partial charge is 0.444 e. The van der Waals surface area contributed by atoms with Crippen LogP contribution < -0.4 is 0 Å². The molecule has 1 atom stereocenters. The van der Waals surface area contributed by atoms with Crippen LogP contribution in [-0.2, 0) is 9.53 Å². The Bertz CT molecular complexity index is 267. The molecule has 1 rings (SSSR count). The summed E-state index contributed by atoms with van der Waals surface area (Å²) in [6.45, 7) is 7.59. The highest BCUT2D eigenvalue weighted by atomic mass is 16.6. The summed E-state index contributed by atoms with van der Waals surface area (Å²) in [4.78, 5) is 24.5. The van der Waals surface area contributed by atoms with Crippen molar-refractivity contribution in [3.8, 4) is 0 Å². The molecule has 0 bridgehead atoms. The second-order valence-corrected chi connectivity index (χ2v) is 5.03. The highest BCUT2D eigenvalue weighted by Gasteiger charge is 2.30. The number of piperidine rings is 1. The Balaban J connectivity index is 2.61. The van der Waals surface area contributed by atoms with E-state index in [1.54, 1.807) is 0 Å². The summed E-state index contributed by atoms with van der Waals surface area (Å²) in [5.74, 6) is 0.110. The van der Waals surface area contributed by atoms with Crippen molar-refractivity contribution in [2.45, 2.75) is 52.2 Å². The number of Topliss-reactive ketones (excluding diaryl/α,β-unsaturated/α-hetero) is 1. The van der Waals surface area contributed by atoms with Crippen LogP contribution in [0.2, 0.25) is 0 Å². The first kappa shape index (κ1) is 12.0. The predicted octanol–water partition coefficient (Wildman–Crippen LogP) is 1.97. The van der Waals surface area contributed by atoms with Crippen LogP contribution in [0.25, 0.3) is 0 Å². The number of hydrogen-bond donors (Lipinski definition) is 0. The minimum absolute atomic E-state index is 0.0950. The van der Waals surface area contributed by atoms with E-state index in [1.165, 1.54) is 4.90 Å². The molecule has 4 nitrogen and oxygen atoms in total. The summed E-state index contributed by atoms with van der Waals surface area (Å²) in [6, 6.07) is 0.0950. The molecule has 1 aliphatic heterocycles. The Labute approximate surface area is 90.6 Å². The number of carbonyl (C=O) groups is 2. The van der Waals surface area contributed by atoms with Crippen LogP contribution >= 0.6 is 0 Å². The number of amides is 1. The third kappa shape index (κ3) is 3.53. The van der Waals surface area contributed by atoms with E-state index in [4.69, 9.17) is 4.74 Å². The summed E-state index contributed by atoms with van der Waals surface area (Å²) in [5.41, 5.74) is -0.503. The lowest BCUT2D eigenvalue weighted by Gasteiger charge is -2.34. The summed E-state index contributed by atoms with van der Waals surface area (Å²) < 4.78 is 5.23. The second-order valence-electron chi connectivity index (χ2n) is 5.03. The molecule has 86 valence electrons. The minimum atomic E-state index is -0.503. The first-order chi connectivity index (χ1) is 6.79. The van der Waals surface area contributed by atoms with Crippen molar-refractivity contribution in [1.82, 2.24) is 4.90 Å². The van der Waals surface area contributed by atoms with Gasteiger partial charge in [0.2, 0.25) is 0 Å². The zero-order valence-corrected chi connectivity index (χ0v) is 9.87. The van der Waals surface area contributed by atoms with Crippen LogP contribution in [0.3, 0.4) is 0 Å². The van der Waals surface area contributed by atoms with Crippen LogP contribution in [0.5, 0.6) is 0 Å². The van der Waals surface area contributed by atoms with Crippen LogP contribution in [0, 0.1) is 0 Å². The molecule has 0 spiro atoms. The third-order valence-corrected chi connectivity index (χ3v) is 2.35. The number of nitrogens with zero attached hydrogens (tertiary/aromatic N) is 1. The molecule has 0 aliphatic carbocycles. The fourth-order valence-corrected chi connectivity index (χ4v) is 1.52. The molecule has 0 aromatic carbocycles. The smallest absolute Gasteiger partial charge is 0.410 e. The van der Waals surface area contributed by atoms with Crippen LogP contribution in [0.4, 0.5) is 4.79 Å². The van der Waals surface area contributed by atoms with Gasteiger partial charge in [0.25, 0.3) is 0 Å². The highest BCUT2D eigenvalue weighted by Crippen LogP contribution is 2.18. The number of ketones is 1. The van der Waals surface area contributed by atoms with E-state index in [2.05, 4.69) is 0 Å². The summed E-state index contributed by atoms with van der Waals surface area (Å²) in [5, 5.41) is 0. The van der Waals surface area contributed by atoms with Crippen molar-refractivity contribution in [3.63, 3.8) is 0 Å². The molecule has 1 fully saturated rings. The van der Waals surface area contributed by atoms with Crippen molar-refractivity contribution in [1.29, 1.82) is 0 Å². The summed E-state index contributed by atoms with van der Waals surface area (Å²) in [6.07, 6.45) is 0.918. The van der Waals surface area contributed by atoms with Gasteiger partial charge in [-0.05, 0) is 34.1 Å². The number of likely N-dealkylation sites (tertiary alicyclic amines) is 1. The van der Waals surface area contributed by atoms with Crippen molar-refractivity contribution in [2.75, 3.05) is 6.54 Å². The van der Waals surface area contributed by atoms with Crippen LogP contribution in [0.15, 0.2) is 0 Å². The molecule has 15 heavy (non-hydrogen) atoms. The highest BCUT2D eigenvalue weighted by molar-refractivity contribution is 5.85. The number of rotatable bonds is 0. The van der Waals surface area contributed by atoms with Crippen molar-refractivity contribution < 1.29 is 14.3 Å². The molecule has 0 aromatic rings. The molecule has 0 aromatic heterocycles. The predicted molar refractivity (Wildman–Crippen MR) is 56.6 cm³/mol. The van der Waals surface area contributed by atoms with Gasteiger partial charge in [-0.25, -0.2) is 4.79 Å². The van der Waals surface area contributed by atoms with E-state index in [1.807, 2.05) is 27.7 Å². The topological polar surface area (TPSA) is 46.6 Å². The second kappa shape index (κ2) is 4.21. The molecule has 0 radical (unpaired) electrons. The number of hydrogen-bond acceptors (Lipinski definition) is 3. The lowest BCUT2D eigenvalue weighted by molar-refractivity contribution is -0.123. The average Bonchev–Trinajstić information content (AvgIpc) is 2.06. The first-order valence-corrected chi connectivity index (χ1v) is 5.31. The maximum Gasteiger partial charge on any atom is 0.410 e. The minimum Gasteiger partial charge on any atom is -0.444 e. The van der Waals surface area contributed by atoms with Crippen molar-refractivity contribution in [2.24, 2.45) is 0 Å². The quantitative estimate of drug-likeness (QED) is 0.618. The molecule has 1 amide bonds. The van der Waals surface area contributed by atoms with Gasteiger partial charge in [0.05, 0.1) is 6.54 Å². The van der Waals surface area contributed by atoms with Gasteiger partial charge in [-0.2, -0.15) is 0 Å². The molecule has 0 saturated carbocycles. The zero-order chi connectivity index (χ0) is 11.6. The van der Waals surface area contributed by atoms with E-state index in [-0.39, 0.29) is 24.5 Å². The molecule has 1 saturated heterocycles. The lowest BCUT2D eigenvalue weighted by Crippen LogP contribution is -2.47. The molecule has 0 N–H and O–H groups in total. The van der Waals surface area contributed by atoms with Gasteiger partial charge in [-0.3, -0.25) is 9.69 Å². The van der Waals surface area contributed by atoms with Crippen LogP contribution in [-0.4, -0.2) is 35.0 Å². The molecule has 0 unspecified atom stereocenters. The van der Waals surface area contributed by atoms with Gasteiger partial charge >= 0.3 is 6.09 Å². The Morgan fingerprint density at radius 1 is 1.47 bits per heavy atom. The van der Waals surface area contributed by atoms with E-state index >= 15 is 0 Å². The first-order valence-electron chi connectivity index (χ1n) is 5.31. The van der Waals surface area contributed by atoms with Gasteiger partial charge in [-0.1, -0.05) is 0 Å². The SMILES string of the molecule is C[C@H]1CCC(=O)CN1C(=O)OC(C)(C)C. The molecular formula is C11H19NO3. The van der Waals surface area contributed by atoms with Gasteiger partial charge in [0.15, 0.2) is 5.78 Å². The molecule has 1 heterocycles. The molecule has 1 aliphatic rings. The summed E-state index contributed by atoms with van der Waals surface area (Å²) >= 11 is 0. The maximum absolute atomic E-state index is 11.7. The monoisotopic (exact) mass is 213 g/mol. The lowest BCUT2D eigenvalue weighted by atomic mass is 10.0. The Morgan fingerprint density at radius 2 is 2.07 bits per heavy atom. The maximum atomic E-state index is 11.7. The summed E-state index contributed by atoms with van der Waals surface area (Å²) in [7, 11) is 0. The van der Waals surface area contributed by atoms with Crippen LogP contribution in [0.1, 0.15) is 40.5 Å². The normalized spacial score (nSPS) is 22.8. The fourth-order valence-electron chi connectivity index (χ4n) is 1.52. The van der Waals surface area contributed by atoms with Crippen molar-refractivity contribution >= 4 is 11.9 Å². The van der Waals surface area contributed by atoms with E-state index in [9.17, 15) is 9.59 Å². The zero-order valence-electron chi connectivity index (χ0n) is 9.87. The molecule has 4 heteroatoms. The number of ether oxygens (including phenoxy) is 1. The third-order valence-electron chi connectivity index (χ3n) is 2.35. The van der Waals surface area contributed by atoms with E-state index in [0.29, 0.717) is 6.42 Å². The Kier molecular flexibility index (Phi) is 3.37. The number of carbonyl (C=O) groups excluding carboxylic acids is 2. The average molecular weight is 213 g/mol. The van der Waals surface area contributed by atoms with E-state index < -0.39 is 5.60 Å². The van der Waals surface area contributed by atoms with E-state index in [0.717, 1.165) is 6.42 Å². The van der Waals surface area contributed by atoms with Gasteiger partial charge in [0, 0.05) is 12.5 Å².